The molecule has 0 aliphatic rings. The number of aliphatic hydroxyl groups excluding tert-OH is 1. The molecule has 122 valence electrons. The van der Waals surface area contributed by atoms with E-state index in [1.54, 1.807) is 18.3 Å². The van der Waals surface area contributed by atoms with Gasteiger partial charge in [0.1, 0.15) is 6.61 Å². The second kappa shape index (κ2) is 7.29. The topological polar surface area (TPSA) is 74.2 Å². The summed E-state index contributed by atoms with van der Waals surface area (Å²) in [5.41, 5.74) is 3.35. The van der Waals surface area contributed by atoms with E-state index < -0.39 is 12.5 Å². The second-order valence-corrected chi connectivity index (χ2v) is 5.72. The number of pyridine rings is 1. The average molecular weight is 342 g/mol. The number of fused-ring (bicyclic) bond motifs is 1. The first-order valence-corrected chi connectivity index (χ1v) is 7.81. The summed E-state index contributed by atoms with van der Waals surface area (Å²) in [6.07, 6.45) is 1.75. The number of hydrogen-bond donors (Lipinski definition) is 3. The second-order valence-electron chi connectivity index (χ2n) is 5.28. The Balaban J connectivity index is 1.79. The van der Waals surface area contributed by atoms with Crippen molar-refractivity contribution in [3.8, 4) is 0 Å². The molecule has 2 aromatic carbocycles. The normalized spacial score (nSPS) is 10.6. The summed E-state index contributed by atoms with van der Waals surface area (Å²) in [7, 11) is 0. The Kier molecular flexibility index (Phi) is 4.93. The maximum absolute atomic E-state index is 11.3. The predicted molar refractivity (Wildman–Crippen MR) is 96.2 cm³/mol. The van der Waals surface area contributed by atoms with E-state index in [9.17, 15) is 4.79 Å². The minimum Gasteiger partial charge on any atom is -0.387 e. The summed E-state index contributed by atoms with van der Waals surface area (Å²) < 4.78 is 0. The molecule has 5 nitrogen and oxygen atoms in total. The maximum atomic E-state index is 11.3. The number of aliphatic hydroxyl groups is 1. The molecule has 0 unspecified atom stereocenters. The van der Waals surface area contributed by atoms with E-state index in [2.05, 4.69) is 15.6 Å². The lowest BCUT2D eigenvalue weighted by atomic mass is 10.1. The Morgan fingerprint density at radius 3 is 2.79 bits per heavy atom. The molecule has 0 bridgehead atoms. The fraction of sp³-hybridized carbons (Fsp3) is 0.111. The van der Waals surface area contributed by atoms with Crippen LogP contribution in [-0.2, 0) is 11.3 Å². The van der Waals surface area contributed by atoms with Crippen LogP contribution in [0.1, 0.15) is 5.56 Å². The highest BCUT2D eigenvalue weighted by Crippen LogP contribution is 2.23. The number of anilines is 2. The number of rotatable bonds is 5. The van der Waals surface area contributed by atoms with Gasteiger partial charge in [-0.1, -0.05) is 23.7 Å². The molecule has 0 radical (unpaired) electrons. The van der Waals surface area contributed by atoms with Gasteiger partial charge in [-0.3, -0.25) is 9.78 Å². The number of amides is 1. The van der Waals surface area contributed by atoms with Crippen molar-refractivity contribution in [2.24, 2.45) is 0 Å². The van der Waals surface area contributed by atoms with Crippen molar-refractivity contribution < 1.29 is 9.90 Å². The van der Waals surface area contributed by atoms with E-state index in [0.29, 0.717) is 17.3 Å². The fourth-order valence-corrected chi connectivity index (χ4v) is 2.72. The van der Waals surface area contributed by atoms with Crippen molar-refractivity contribution in [1.29, 1.82) is 0 Å². The van der Waals surface area contributed by atoms with Crippen LogP contribution in [0.15, 0.2) is 54.7 Å². The molecule has 0 aliphatic carbocycles. The summed E-state index contributed by atoms with van der Waals surface area (Å²) in [4.78, 5) is 15.7. The molecular weight excluding hydrogens is 326 g/mol. The molecule has 0 aliphatic heterocycles. The van der Waals surface area contributed by atoms with Gasteiger partial charge in [0, 0.05) is 34.5 Å². The molecular formula is C18H16ClN3O2. The van der Waals surface area contributed by atoms with Crippen LogP contribution in [-0.4, -0.2) is 22.6 Å². The molecule has 3 N–H and O–H groups in total. The Bertz CT molecular complexity index is 883. The van der Waals surface area contributed by atoms with E-state index >= 15 is 0 Å². The van der Waals surface area contributed by atoms with Gasteiger partial charge in [-0.05, 0) is 42.0 Å². The van der Waals surface area contributed by atoms with Gasteiger partial charge in [0.25, 0.3) is 0 Å². The lowest BCUT2D eigenvalue weighted by molar-refractivity contribution is -0.118. The Morgan fingerprint density at radius 2 is 1.96 bits per heavy atom. The van der Waals surface area contributed by atoms with Crippen molar-refractivity contribution in [2.45, 2.75) is 6.54 Å². The molecule has 1 amide bonds. The van der Waals surface area contributed by atoms with Crippen LogP contribution in [0.2, 0.25) is 5.02 Å². The third-order valence-electron chi connectivity index (χ3n) is 3.52. The Hall–Kier alpha value is -2.63. The van der Waals surface area contributed by atoms with Crippen LogP contribution >= 0.6 is 11.6 Å². The van der Waals surface area contributed by atoms with Crippen LogP contribution in [0.5, 0.6) is 0 Å². The number of carbonyl (C=O) groups excluding carboxylic acids is 1. The van der Waals surface area contributed by atoms with Gasteiger partial charge in [-0.25, -0.2) is 0 Å². The molecule has 0 saturated heterocycles. The average Bonchev–Trinajstić information content (AvgIpc) is 2.59. The monoisotopic (exact) mass is 341 g/mol. The Morgan fingerprint density at radius 1 is 1.12 bits per heavy atom. The van der Waals surface area contributed by atoms with Crippen molar-refractivity contribution >= 4 is 39.8 Å². The number of carbonyl (C=O) groups is 1. The Labute approximate surface area is 144 Å². The van der Waals surface area contributed by atoms with Crippen molar-refractivity contribution in [1.82, 2.24) is 4.98 Å². The molecule has 6 heteroatoms. The molecule has 0 atom stereocenters. The largest absolute Gasteiger partial charge is 0.387 e. The minimum atomic E-state index is -0.544. The van der Waals surface area contributed by atoms with Gasteiger partial charge in [0.15, 0.2) is 0 Å². The number of aromatic nitrogens is 1. The summed E-state index contributed by atoms with van der Waals surface area (Å²) in [5.74, 6) is -0.447. The molecule has 1 heterocycles. The molecule has 24 heavy (non-hydrogen) atoms. The highest BCUT2D eigenvalue weighted by atomic mass is 35.5. The fourth-order valence-electron chi connectivity index (χ4n) is 2.47. The quantitative estimate of drug-likeness (QED) is 0.664. The van der Waals surface area contributed by atoms with Gasteiger partial charge < -0.3 is 15.7 Å². The first-order chi connectivity index (χ1) is 11.7. The van der Waals surface area contributed by atoms with Crippen LogP contribution in [0.4, 0.5) is 11.4 Å². The summed E-state index contributed by atoms with van der Waals surface area (Å²) in [6.45, 7) is 0.00328. The lowest BCUT2D eigenvalue weighted by Crippen LogP contribution is -2.15. The summed E-state index contributed by atoms with van der Waals surface area (Å²) in [6, 6.07) is 14.9. The zero-order valence-electron chi connectivity index (χ0n) is 12.8. The first kappa shape index (κ1) is 16.2. The van der Waals surface area contributed by atoms with Crippen molar-refractivity contribution in [3.63, 3.8) is 0 Å². The van der Waals surface area contributed by atoms with Gasteiger partial charge in [0.05, 0.1) is 5.52 Å². The van der Waals surface area contributed by atoms with Crippen LogP contribution < -0.4 is 10.6 Å². The molecule has 0 fully saturated rings. The van der Waals surface area contributed by atoms with Crippen molar-refractivity contribution in [2.75, 3.05) is 17.2 Å². The van der Waals surface area contributed by atoms with Crippen LogP contribution in [0.3, 0.4) is 0 Å². The third kappa shape index (κ3) is 3.82. The summed E-state index contributed by atoms with van der Waals surface area (Å²) in [5, 5.41) is 16.4. The molecule has 1 aromatic heterocycles. The molecule has 0 saturated carbocycles. The zero-order valence-corrected chi connectivity index (χ0v) is 13.5. The maximum Gasteiger partial charge on any atom is 0.250 e. The van der Waals surface area contributed by atoms with E-state index in [-0.39, 0.29) is 0 Å². The minimum absolute atomic E-state index is 0.447. The van der Waals surface area contributed by atoms with Gasteiger partial charge in [0.2, 0.25) is 5.91 Å². The SMILES string of the molecule is O=C(CO)Nc1cccc(NCc2cc(Cl)cc3cccnc23)c1. The van der Waals surface area contributed by atoms with Gasteiger partial charge in [-0.2, -0.15) is 0 Å². The van der Waals surface area contributed by atoms with E-state index in [0.717, 1.165) is 22.2 Å². The highest BCUT2D eigenvalue weighted by molar-refractivity contribution is 6.31. The van der Waals surface area contributed by atoms with E-state index in [1.807, 2.05) is 36.4 Å². The predicted octanol–water partition coefficient (Wildman–Crippen LogP) is 3.43. The zero-order chi connectivity index (χ0) is 16.9. The molecule has 0 spiro atoms. The van der Waals surface area contributed by atoms with E-state index in [4.69, 9.17) is 16.7 Å². The smallest absolute Gasteiger partial charge is 0.250 e. The van der Waals surface area contributed by atoms with E-state index in [1.165, 1.54) is 0 Å². The number of nitrogens with one attached hydrogen (secondary N) is 2. The summed E-state index contributed by atoms with van der Waals surface area (Å²) >= 11 is 6.18. The van der Waals surface area contributed by atoms with Gasteiger partial charge >= 0.3 is 0 Å². The molecule has 3 aromatic rings. The lowest BCUT2D eigenvalue weighted by Gasteiger charge is -2.11. The van der Waals surface area contributed by atoms with Crippen LogP contribution in [0, 0.1) is 0 Å². The number of nitrogens with zero attached hydrogens (tertiary/aromatic N) is 1. The highest BCUT2D eigenvalue weighted by Gasteiger charge is 2.05. The number of benzene rings is 2. The number of halogens is 1. The number of hydrogen-bond acceptors (Lipinski definition) is 4. The first-order valence-electron chi connectivity index (χ1n) is 7.43. The van der Waals surface area contributed by atoms with Gasteiger partial charge in [-0.15, -0.1) is 0 Å². The third-order valence-corrected chi connectivity index (χ3v) is 3.74. The molecule has 3 rings (SSSR count). The van der Waals surface area contributed by atoms with Crippen molar-refractivity contribution in [3.05, 3.63) is 65.3 Å². The standard InChI is InChI=1S/C18H16ClN3O2/c19-14-7-12-3-2-6-20-18(12)13(8-14)10-21-15-4-1-5-16(9-15)22-17(24)11-23/h1-9,21,23H,10-11H2,(H,22,24). The van der Waals surface area contributed by atoms with Crippen LogP contribution in [0.25, 0.3) is 10.9 Å².